The first-order valence-electron chi connectivity index (χ1n) is 12.3. The molecule has 2 saturated carbocycles. The maximum atomic E-state index is 12.8. The summed E-state index contributed by atoms with van der Waals surface area (Å²) in [5, 5.41) is 31.0. The van der Waals surface area contributed by atoms with E-state index in [9.17, 15) is 20.0 Å². The third-order valence-electron chi connectivity index (χ3n) is 7.64. The Balaban J connectivity index is 1.08. The lowest BCUT2D eigenvalue weighted by molar-refractivity contribution is -0.118. The van der Waals surface area contributed by atoms with Gasteiger partial charge in [-0.2, -0.15) is 5.26 Å². The highest BCUT2D eigenvalue weighted by atomic mass is 35.5. The summed E-state index contributed by atoms with van der Waals surface area (Å²) in [4.78, 5) is 31.2. The van der Waals surface area contributed by atoms with E-state index in [0.717, 1.165) is 12.0 Å². The van der Waals surface area contributed by atoms with Crippen molar-refractivity contribution in [3.05, 3.63) is 70.1 Å². The van der Waals surface area contributed by atoms with E-state index >= 15 is 0 Å². The number of benzene rings is 1. The largest absolute Gasteiger partial charge is 0.394 e. The van der Waals surface area contributed by atoms with Crippen LogP contribution < -0.4 is 10.2 Å². The third-order valence-corrected chi connectivity index (χ3v) is 7.87. The molecule has 1 aliphatic heterocycles. The molecule has 1 aromatic carbocycles. The number of pyridine rings is 1. The van der Waals surface area contributed by atoms with E-state index in [4.69, 9.17) is 11.6 Å². The molecule has 3 heterocycles. The molecule has 3 fully saturated rings. The number of aliphatic hydroxyl groups excluding tert-OH is 1. The molecule has 0 spiro atoms. The number of halogens is 1. The van der Waals surface area contributed by atoms with E-state index in [1.54, 1.807) is 29.3 Å². The number of nitriles is 1. The van der Waals surface area contributed by atoms with Gasteiger partial charge in [0.15, 0.2) is 5.69 Å². The van der Waals surface area contributed by atoms with Crippen molar-refractivity contribution < 1.29 is 14.7 Å². The van der Waals surface area contributed by atoms with Crippen molar-refractivity contribution >= 4 is 29.2 Å². The number of nitrogens with one attached hydrogen (secondary N) is 1. The molecule has 37 heavy (non-hydrogen) atoms. The van der Waals surface area contributed by atoms with Crippen molar-refractivity contribution in [1.82, 2.24) is 25.3 Å². The minimum absolute atomic E-state index is 0.0436. The highest BCUT2D eigenvalue weighted by Crippen LogP contribution is 2.47. The lowest BCUT2D eigenvalue weighted by atomic mass is 9.74. The van der Waals surface area contributed by atoms with Gasteiger partial charge in [0, 0.05) is 29.7 Å². The number of aromatic nitrogens is 4. The second-order valence-electron chi connectivity index (χ2n) is 9.97. The van der Waals surface area contributed by atoms with Gasteiger partial charge in [-0.25, -0.2) is 9.67 Å². The average Bonchev–Trinajstić information content (AvgIpc) is 3.35. The fourth-order valence-electron chi connectivity index (χ4n) is 5.33. The van der Waals surface area contributed by atoms with Gasteiger partial charge >= 0.3 is 0 Å². The summed E-state index contributed by atoms with van der Waals surface area (Å²) in [5.74, 6) is 1.16. The third kappa shape index (κ3) is 4.34. The lowest BCUT2D eigenvalue weighted by Gasteiger charge is -2.36. The van der Waals surface area contributed by atoms with Crippen LogP contribution in [-0.2, 0) is 4.79 Å². The van der Waals surface area contributed by atoms with E-state index in [0.29, 0.717) is 47.3 Å². The summed E-state index contributed by atoms with van der Waals surface area (Å²) in [7, 11) is 0. The fourth-order valence-corrected chi connectivity index (χ4v) is 5.51. The first kappa shape index (κ1) is 23.6. The normalized spacial score (nSPS) is 24.7. The van der Waals surface area contributed by atoms with Gasteiger partial charge < -0.3 is 10.4 Å². The molecule has 1 unspecified atom stereocenters. The standard InChI is InChI=1S/C26H24ClN7O3/c27-18-3-1-14(9-28)20(8-18)16-5-19(6-16)30-25(36)22-12-34(32-31-22)23(13-35)15-2-4-24(29-10-15)33-11-17-7-21(17)26(33)37/h1-4,8,10,12,16-17,19,21,23,35H,5-7,11,13H2,(H,30,36)/t16?,17-,19?,21-,23?/m1/s1. The Morgan fingerprint density at radius 3 is 2.78 bits per heavy atom. The van der Waals surface area contributed by atoms with E-state index in [1.165, 1.54) is 10.9 Å². The molecule has 2 amide bonds. The first-order valence-corrected chi connectivity index (χ1v) is 12.6. The summed E-state index contributed by atoms with van der Waals surface area (Å²) in [6.07, 6.45) is 5.51. The molecule has 3 atom stereocenters. The zero-order chi connectivity index (χ0) is 25.7. The zero-order valence-electron chi connectivity index (χ0n) is 19.8. The molecule has 0 bridgehead atoms. The van der Waals surface area contributed by atoms with E-state index in [1.807, 2.05) is 12.1 Å². The number of amides is 2. The molecule has 6 rings (SSSR count). The quantitative estimate of drug-likeness (QED) is 0.491. The summed E-state index contributed by atoms with van der Waals surface area (Å²) >= 11 is 6.10. The fraction of sp³-hybridized carbons (Fsp3) is 0.385. The minimum Gasteiger partial charge on any atom is -0.394 e. The van der Waals surface area contributed by atoms with Crippen LogP contribution in [0.3, 0.4) is 0 Å². The SMILES string of the molecule is N#Cc1ccc(Cl)cc1C1CC(NC(=O)c2cn(C(CO)c3ccc(N4C[C@H]5C[C@H]5C4=O)nc3)nn2)C1. The molecule has 2 aromatic heterocycles. The predicted molar refractivity (Wildman–Crippen MR) is 133 cm³/mol. The zero-order valence-corrected chi connectivity index (χ0v) is 20.5. The van der Waals surface area contributed by atoms with Crippen LogP contribution in [0.25, 0.3) is 0 Å². The number of fused-ring (bicyclic) bond motifs is 1. The van der Waals surface area contributed by atoms with Crippen molar-refractivity contribution in [3.63, 3.8) is 0 Å². The van der Waals surface area contributed by atoms with Crippen molar-refractivity contribution in [2.75, 3.05) is 18.1 Å². The number of hydrogen-bond donors (Lipinski definition) is 2. The predicted octanol–water partition coefficient (Wildman–Crippen LogP) is 2.44. The van der Waals surface area contributed by atoms with Crippen molar-refractivity contribution in [2.45, 2.75) is 37.3 Å². The molecular formula is C26H24ClN7O3. The molecule has 0 radical (unpaired) electrons. The molecule has 11 heteroatoms. The second kappa shape index (κ2) is 9.25. The molecule has 3 aliphatic rings. The van der Waals surface area contributed by atoms with Crippen LogP contribution in [0.1, 0.15) is 58.4 Å². The van der Waals surface area contributed by atoms with Gasteiger partial charge in [-0.15, -0.1) is 5.10 Å². The Kier molecular flexibility index (Phi) is 5.89. The smallest absolute Gasteiger partial charge is 0.273 e. The maximum Gasteiger partial charge on any atom is 0.273 e. The summed E-state index contributed by atoms with van der Waals surface area (Å²) in [6, 6.07) is 10.4. The number of nitrogens with zero attached hydrogens (tertiary/aromatic N) is 6. The van der Waals surface area contributed by atoms with Crippen LogP contribution in [0.4, 0.5) is 5.82 Å². The summed E-state index contributed by atoms with van der Waals surface area (Å²) in [6.45, 7) is 0.449. The number of piperidine rings is 1. The minimum atomic E-state index is -0.571. The second-order valence-corrected chi connectivity index (χ2v) is 10.4. The Hall–Kier alpha value is -3.81. The number of hydrogen-bond acceptors (Lipinski definition) is 7. The topological polar surface area (TPSA) is 137 Å². The van der Waals surface area contributed by atoms with Crippen LogP contribution in [-0.4, -0.2) is 56.1 Å². The number of aliphatic hydroxyl groups is 1. The van der Waals surface area contributed by atoms with Gasteiger partial charge in [0.1, 0.15) is 11.9 Å². The first-order chi connectivity index (χ1) is 17.9. The van der Waals surface area contributed by atoms with E-state index in [2.05, 4.69) is 26.7 Å². The van der Waals surface area contributed by atoms with Gasteiger partial charge in [-0.1, -0.05) is 22.9 Å². The Labute approximate surface area is 217 Å². The van der Waals surface area contributed by atoms with Gasteiger partial charge in [0.05, 0.1) is 24.4 Å². The van der Waals surface area contributed by atoms with E-state index < -0.39 is 6.04 Å². The monoisotopic (exact) mass is 517 g/mol. The van der Waals surface area contributed by atoms with Crippen LogP contribution in [0.15, 0.2) is 42.7 Å². The van der Waals surface area contributed by atoms with Gasteiger partial charge in [-0.3, -0.25) is 14.5 Å². The Bertz CT molecular complexity index is 1410. The van der Waals surface area contributed by atoms with Crippen LogP contribution in [0.5, 0.6) is 0 Å². The van der Waals surface area contributed by atoms with Gasteiger partial charge in [0.2, 0.25) is 5.91 Å². The molecule has 2 aliphatic carbocycles. The highest BCUT2D eigenvalue weighted by Gasteiger charge is 2.52. The molecule has 3 aromatic rings. The Morgan fingerprint density at radius 2 is 2.11 bits per heavy atom. The molecule has 1 saturated heterocycles. The van der Waals surface area contributed by atoms with Crippen molar-refractivity contribution in [1.29, 1.82) is 5.26 Å². The number of carbonyl (C=O) groups excluding carboxylic acids is 2. The lowest BCUT2D eigenvalue weighted by Crippen LogP contribution is -2.43. The summed E-state index contributed by atoms with van der Waals surface area (Å²) in [5.41, 5.74) is 2.34. The average molecular weight is 518 g/mol. The molecule has 10 nitrogen and oxygen atoms in total. The van der Waals surface area contributed by atoms with Crippen LogP contribution in [0, 0.1) is 23.2 Å². The number of anilines is 1. The number of carbonyl (C=O) groups is 2. The van der Waals surface area contributed by atoms with Gasteiger partial charge in [-0.05, 0) is 66.5 Å². The van der Waals surface area contributed by atoms with Gasteiger partial charge in [0.25, 0.3) is 5.91 Å². The molecule has 2 N–H and O–H groups in total. The maximum absolute atomic E-state index is 12.8. The highest BCUT2D eigenvalue weighted by molar-refractivity contribution is 6.30. The Morgan fingerprint density at radius 1 is 1.27 bits per heavy atom. The molecular weight excluding hydrogens is 494 g/mol. The van der Waals surface area contributed by atoms with E-state index in [-0.39, 0.29) is 42.0 Å². The van der Waals surface area contributed by atoms with Crippen molar-refractivity contribution in [2.24, 2.45) is 11.8 Å². The van der Waals surface area contributed by atoms with Crippen LogP contribution in [0.2, 0.25) is 5.02 Å². The molecule has 188 valence electrons. The summed E-state index contributed by atoms with van der Waals surface area (Å²) < 4.78 is 1.44. The number of rotatable bonds is 7. The van der Waals surface area contributed by atoms with Crippen molar-refractivity contribution in [3.8, 4) is 6.07 Å². The van der Waals surface area contributed by atoms with Crippen LogP contribution >= 0.6 is 11.6 Å².